The number of pyridine rings is 1. The molecular formula is C16H17ClN2O2. The fourth-order valence-electron chi connectivity index (χ4n) is 1.77. The number of nitrogens with zero attached hydrogens (tertiary/aromatic N) is 1. The Morgan fingerprint density at radius 2 is 1.95 bits per heavy atom. The van der Waals surface area contributed by atoms with Crippen molar-refractivity contribution < 1.29 is 9.53 Å². The van der Waals surface area contributed by atoms with E-state index in [9.17, 15) is 4.79 Å². The van der Waals surface area contributed by atoms with E-state index in [1.807, 2.05) is 30.3 Å². The Kier molecular flexibility index (Phi) is 6.19. The minimum absolute atomic E-state index is 0.222. The zero-order chi connectivity index (χ0) is 14.9. The van der Waals surface area contributed by atoms with Gasteiger partial charge in [-0.15, -0.1) is 0 Å². The van der Waals surface area contributed by atoms with Gasteiger partial charge in [0.05, 0.1) is 6.61 Å². The molecule has 1 aromatic carbocycles. The molecule has 0 fully saturated rings. The summed E-state index contributed by atoms with van der Waals surface area (Å²) in [6, 6.07) is 15.0. The Labute approximate surface area is 129 Å². The van der Waals surface area contributed by atoms with Gasteiger partial charge in [-0.1, -0.05) is 48.0 Å². The van der Waals surface area contributed by atoms with Crippen molar-refractivity contribution in [3.8, 4) is 0 Å². The van der Waals surface area contributed by atoms with Crippen LogP contribution in [-0.2, 0) is 11.3 Å². The fraction of sp³-hybridized carbons (Fsp3) is 0.250. The Hall–Kier alpha value is -1.91. The van der Waals surface area contributed by atoms with Crippen molar-refractivity contribution in [1.29, 1.82) is 0 Å². The van der Waals surface area contributed by atoms with E-state index in [1.165, 1.54) is 0 Å². The zero-order valence-electron chi connectivity index (χ0n) is 11.6. The highest BCUT2D eigenvalue weighted by molar-refractivity contribution is 6.29. The molecule has 0 saturated carbocycles. The topological polar surface area (TPSA) is 51.2 Å². The third-order valence-electron chi connectivity index (χ3n) is 2.81. The molecule has 1 aromatic heterocycles. The smallest absolute Gasteiger partial charge is 0.269 e. The molecule has 110 valence electrons. The maximum absolute atomic E-state index is 11.8. The van der Waals surface area contributed by atoms with Gasteiger partial charge in [-0.25, -0.2) is 4.98 Å². The summed E-state index contributed by atoms with van der Waals surface area (Å²) in [5, 5.41) is 3.10. The maximum atomic E-state index is 11.8. The van der Waals surface area contributed by atoms with Crippen LogP contribution < -0.4 is 5.32 Å². The second-order valence-electron chi connectivity index (χ2n) is 4.49. The van der Waals surface area contributed by atoms with E-state index in [0.29, 0.717) is 30.6 Å². The van der Waals surface area contributed by atoms with Gasteiger partial charge in [-0.2, -0.15) is 0 Å². The Morgan fingerprint density at radius 1 is 1.14 bits per heavy atom. The SMILES string of the molecule is O=C(NCCCOCc1ccccc1)c1cccc(Cl)n1. The number of nitrogens with one attached hydrogen (secondary N) is 1. The van der Waals surface area contributed by atoms with Crippen LogP contribution in [0.2, 0.25) is 5.15 Å². The van der Waals surface area contributed by atoms with Crippen LogP contribution in [0.5, 0.6) is 0 Å². The van der Waals surface area contributed by atoms with E-state index in [0.717, 1.165) is 12.0 Å². The van der Waals surface area contributed by atoms with Crippen molar-refractivity contribution >= 4 is 17.5 Å². The number of aromatic nitrogens is 1. The molecule has 0 atom stereocenters. The molecule has 1 amide bonds. The molecule has 0 aliphatic carbocycles. The molecule has 0 aliphatic heterocycles. The van der Waals surface area contributed by atoms with Crippen molar-refractivity contribution in [2.75, 3.05) is 13.2 Å². The fourth-order valence-corrected chi connectivity index (χ4v) is 1.93. The quantitative estimate of drug-likeness (QED) is 0.632. The van der Waals surface area contributed by atoms with Gasteiger partial charge >= 0.3 is 0 Å². The number of carbonyl (C=O) groups excluding carboxylic acids is 1. The lowest BCUT2D eigenvalue weighted by Gasteiger charge is -2.06. The minimum atomic E-state index is -0.222. The summed E-state index contributed by atoms with van der Waals surface area (Å²) in [5.41, 5.74) is 1.47. The van der Waals surface area contributed by atoms with Crippen LogP contribution in [0.4, 0.5) is 0 Å². The summed E-state index contributed by atoms with van der Waals surface area (Å²) in [6.07, 6.45) is 0.749. The second kappa shape index (κ2) is 8.39. The first kappa shape index (κ1) is 15.5. The lowest BCUT2D eigenvalue weighted by Crippen LogP contribution is -2.26. The summed E-state index contributed by atoms with van der Waals surface area (Å²) >= 11 is 5.74. The molecule has 0 unspecified atom stereocenters. The molecule has 5 heteroatoms. The molecule has 21 heavy (non-hydrogen) atoms. The van der Waals surface area contributed by atoms with E-state index in [-0.39, 0.29) is 5.91 Å². The normalized spacial score (nSPS) is 10.3. The number of rotatable bonds is 7. The third kappa shape index (κ3) is 5.53. The average molecular weight is 305 g/mol. The Balaban J connectivity index is 1.60. The summed E-state index contributed by atoms with van der Waals surface area (Å²) in [4.78, 5) is 15.7. The van der Waals surface area contributed by atoms with Gasteiger partial charge in [0.2, 0.25) is 0 Å². The lowest BCUT2D eigenvalue weighted by atomic mass is 10.2. The van der Waals surface area contributed by atoms with Crippen LogP contribution in [0, 0.1) is 0 Å². The first-order valence-electron chi connectivity index (χ1n) is 6.78. The van der Waals surface area contributed by atoms with E-state index >= 15 is 0 Å². The molecule has 1 heterocycles. The van der Waals surface area contributed by atoms with E-state index in [1.54, 1.807) is 18.2 Å². The highest BCUT2D eigenvalue weighted by Crippen LogP contribution is 2.05. The maximum Gasteiger partial charge on any atom is 0.269 e. The molecule has 0 radical (unpaired) electrons. The van der Waals surface area contributed by atoms with Gasteiger partial charge in [0.1, 0.15) is 10.8 Å². The van der Waals surface area contributed by atoms with E-state index in [4.69, 9.17) is 16.3 Å². The highest BCUT2D eigenvalue weighted by Gasteiger charge is 2.06. The number of halogens is 1. The summed E-state index contributed by atoms with van der Waals surface area (Å²) in [7, 11) is 0. The molecule has 0 bridgehead atoms. The van der Waals surface area contributed by atoms with E-state index in [2.05, 4.69) is 10.3 Å². The van der Waals surface area contributed by atoms with Crippen LogP contribution in [0.3, 0.4) is 0 Å². The average Bonchev–Trinajstić information content (AvgIpc) is 2.51. The number of hydrogen-bond acceptors (Lipinski definition) is 3. The van der Waals surface area contributed by atoms with Crippen molar-refractivity contribution in [3.05, 3.63) is 64.9 Å². The van der Waals surface area contributed by atoms with Gasteiger partial charge in [-0.3, -0.25) is 4.79 Å². The Morgan fingerprint density at radius 3 is 2.71 bits per heavy atom. The molecule has 0 saturated heterocycles. The van der Waals surface area contributed by atoms with Crippen LogP contribution in [0.25, 0.3) is 0 Å². The largest absolute Gasteiger partial charge is 0.377 e. The van der Waals surface area contributed by atoms with Gasteiger partial charge < -0.3 is 10.1 Å². The standard InChI is InChI=1S/C16H17ClN2O2/c17-15-9-4-8-14(19-15)16(20)18-10-5-11-21-12-13-6-2-1-3-7-13/h1-4,6-9H,5,10-12H2,(H,18,20). The first-order chi connectivity index (χ1) is 10.3. The van der Waals surface area contributed by atoms with Gasteiger partial charge in [0, 0.05) is 13.2 Å². The van der Waals surface area contributed by atoms with Crippen LogP contribution in [0.15, 0.2) is 48.5 Å². The molecule has 2 rings (SSSR count). The molecular weight excluding hydrogens is 288 g/mol. The van der Waals surface area contributed by atoms with Crippen LogP contribution >= 0.6 is 11.6 Å². The number of ether oxygens (including phenoxy) is 1. The summed E-state index contributed by atoms with van der Waals surface area (Å²) in [6.45, 7) is 1.73. The number of hydrogen-bond donors (Lipinski definition) is 1. The highest BCUT2D eigenvalue weighted by atomic mass is 35.5. The van der Waals surface area contributed by atoms with Crippen molar-refractivity contribution in [2.24, 2.45) is 0 Å². The van der Waals surface area contributed by atoms with E-state index < -0.39 is 0 Å². The number of amides is 1. The summed E-state index contributed by atoms with van der Waals surface area (Å²) < 4.78 is 5.54. The van der Waals surface area contributed by atoms with Gasteiger partial charge in [0.15, 0.2) is 0 Å². The van der Waals surface area contributed by atoms with Crippen molar-refractivity contribution in [1.82, 2.24) is 10.3 Å². The molecule has 4 nitrogen and oxygen atoms in total. The molecule has 2 aromatic rings. The third-order valence-corrected chi connectivity index (χ3v) is 3.02. The first-order valence-corrected chi connectivity index (χ1v) is 7.16. The number of carbonyl (C=O) groups is 1. The molecule has 0 spiro atoms. The monoisotopic (exact) mass is 304 g/mol. The van der Waals surface area contributed by atoms with Crippen molar-refractivity contribution in [2.45, 2.75) is 13.0 Å². The summed E-state index contributed by atoms with van der Waals surface area (Å²) in [5.74, 6) is -0.222. The predicted molar refractivity (Wildman–Crippen MR) is 82.3 cm³/mol. The van der Waals surface area contributed by atoms with Crippen LogP contribution in [-0.4, -0.2) is 24.0 Å². The molecule has 0 aliphatic rings. The predicted octanol–water partition coefficient (Wildman–Crippen LogP) is 3.07. The van der Waals surface area contributed by atoms with Gasteiger partial charge in [-0.05, 0) is 24.1 Å². The van der Waals surface area contributed by atoms with Crippen molar-refractivity contribution in [3.63, 3.8) is 0 Å². The Bertz CT molecular complexity index is 575. The van der Waals surface area contributed by atoms with Crippen LogP contribution in [0.1, 0.15) is 22.5 Å². The minimum Gasteiger partial charge on any atom is -0.377 e. The molecule has 1 N–H and O–H groups in total. The number of benzene rings is 1. The van der Waals surface area contributed by atoms with Gasteiger partial charge in [0.25, 0.3) is 5.91 Å². The zero-order valence-corrected chi connectivity index (χ0v) is 12.3. The lowest BCUT2D eigenvalue weighted by molar-refractivity contribution is 0.0930. The second-order valence-corrected chi connectivity index (χ2v) is 4.88.